The summed E-state index contributed by atoms with van der Waals surface area (Å²) >= 11 is 1.65. The van der Waals surface area contributed by atoms with Crippen LogP contribution in [0, 0.1) is 5.82 Å². The summed E-state index contributed by atoms with van der Waals surface area (Å²) in [5, 5.41) is 9.63. The van der Waals surface area contributed by atoms with E-state index in [9.17, 15) is 4.39 Å². The van der Waals surface area contributed by atoms with Crippen molar-refractivity contribution in [3.8, 4) is 5.69 Å². The zero-order chi connectivity index (χ0) is 17.8. The van der Waals surface area contributed by atoms with E-state index in [1.807, 2.05) is 22.8 Å². The molecule has 4 nitrogen and oxygen atoms in total. The lowest BCUT2D eigenvalue weighted by atomic mass is 10.1. The second-order valence-corrected chi connectivity index (χ2v) is 7.31. The van der Waals surface area contributed by atoms with E-state index in [-0.39, 0.29) is 11.9 Å². The molecule has 0 radical (unpaired) electrons. The van der Waals surface area contributed by atoms with Crippen LogP contribution in [0.3, 0.4) is 0 Å². The molecular weight excluding hydrogens is 349 g/mol. The number of thioether (sulfide) groups is 1. The van der Waals surface area contributed by atoms with Crippen molar-refractivity contribution in [3.63, 3.8) is 0 Å². The third-order valence-electron chi connectivity index (χ3n) is 4.41. The molecule has 1 unspecified atom stereocenters. The van der Waals surface area contributed by atoms with Gasteiger partial charge in [-0.25, -0.2) is 4.39 Å². The van der Waals surface area contributed by atoms with Gasteiger partial charge < -0.3 is 4.74 Å². The highest BCUT2D eigenvalue weighted by Crippen LogP contribution is 2.26. The first-order valence-electron chi connectivity index (χ1n) is 8.78. The van der Waals surface area contributed by atoms with Crippen LogP contribution in [0.5, 0.6) is 0 Å². The molecule has 0 amide bonds. The van der Waals surface area contributed by atoms with Crippen LogP contribution in [0.4, 0.5) is 4.39 Å². The fourth-order valence-electron chi connectivity index (χ4n) is 3.08. The molecule has 0 N–H and O–H groups in total. The molecule has 1 fully saturated rings. The van der Waals surface area contributed by atoms with Crippen LogP contribution in [0.2, 0.25) is 0 Å². The first-order chi connectivity index (χ1) is 12.8. The number of halogens is 1. The number of benzene rings is 2. The van der Waals surface area contributed by atoms with Gasteiger partial charge in [-0.1, -0.05) is 42.1 Å². The maximum absolute atomic E-state index is 13.4. The molecule has 1 aromatic heterocycles. The van der Waals surface area contributed by atoms with Gasteiger partial charge in [-0.2, -0.15) is 0 Å². The summed E-state index contributed by atoms with van der Waals surface area (Å²) in [7, 11) is 0. The third-order valence-corrected chi connectivity index (χ3v) is 5.47. The van der Waals surface area contributed by atoms with Crippen LogP contribution in [-0.2, 0) is 11.2 Å². The monoisotopic (exact) mass is 369 g/mol. The number of rotatable bonds is 6. The standard InChI is InChI=1S/C20H20FN3OS/c21-16-8-10-17(11-9-16)24-19(13-15-5-2-1-3-6-15)22-23-20(24)26-14-18-7-4-12-25-18/h1-3,5-6,8-11,18H,4,7,12-14H2. The molecule has 4 rings (SSSR count). The Morgan fingerprint density at radius 2 is 1.88 bits per heavy atom. The van der Waals surface area contributed by atoms with Gasteiger partial charge >= 0.3 is 0 Å². The Hall–Kier alpha value is -2.18. The molecule has 0 saturated carbocycles. The van der Waals surface area contributed by atoms with Gasteiger partial charge in [0.1, 0.15) is 11.6 Å². The van der Waals surface area contributed by atoms with E-state index in [2.05, 4.69) is 22.3 Å². The van der Waals surface area contributed by atoms with Crippen molar-refractivity contribution < 1.29 is 9.13 Å². The molecule has 1 saturated heterocycles. The lowest BCUT2D eigenvalue weighted by molar-refractivity contribution is 0.129. The minimum absolute atomic E-state index is 0.250. The quantitative estimate of drug-likeness (QED) is 0.609. The van der Waals surface area contributed by atoms with Crippen molar-refractivity contribution in [1.29, 1.82) is 0 Å². The summed E-state index contributed by atoms with van der Waals surface area (Å²) in [6, 6.07) is 16.6. The van der Waals surface area contributed by atoms with E-state index in [0.717, 1.165) is 41.9 Å². The van der Waals surface area contributed by atoms with Crippen LogP contribution in [0.1, 0.15) is 24.2 Å². The predicted octanol–water partition coefficient (Wildman–Crippen LogP) is 4.27. The minimum atomic E-state index is -0.250. The summed E-state index contributed by atoms with van der Waals surface area (Å²) < 4.78 is 21.1. The van der Waals surface area contributed by atoms with Gasteiger partial charge in [-0.3, -0.25) is 4.57 Å². The van der Waals surface area contributed by atoms with Gasteiger partial charge in [0.15, 0.2) is 5.16 Å². The smallest absolute Gasteiger partial charge is 0.195 e. The van der Waals surface area contributed by atoms with Gasteiger partial charge in [-0.15, -0.1) is 10.2 Å². The van der Waals surface area contributed by atoms with Crippen LogP contribution in [-0.4, -0.2) is 33.2 Å². The van der Waals surface area contributed by atoms with E-state index >= 15 is 0 Å². The first kappa shape index (κ1) is 17.2. The highest BCUT2D eigenvalue weighted by Gasteiger charge is 2.20. The SMILES string of the molecule is Fc1ccc(-n2c(Cc3ccccc3)nnc2SCC2CCCO2)cc1. The van der Waals surface area contributed by atoms with E-state index in [4.69, 9.17) is 4.74 Å². The Kier molecular flexibility index (Phi) is 5.32. The van der Waals surface area contributed by atoms with E-state index in [1.165, 1.54) is 17.7 Å². The maximum Gasteiger partial charge on any atom is 0.195 e. The van der Waals surface area contributed by atoms with Gasteiger partial charge in [0, 0.05) is 24.5 Å². The number of hydrogen-bond acceptors (Lipinski definition) is 4. The zero-order valence-corrected chi connectivity index (χ0v) is 15.2. The molecule has 1 atom stereocenters. The van der Waals surface area contributed by atoms with Crippen molar-refractivity contribution in [2.45, 2.75) is 30.5 Å². The molecule has 2 aromatic carbocycles. The molecule has 1 aliphatic heterocycles. The molecule has 6 heteroatoms. The molecule has 0 aliphatic carbocycles. The lowest BCUT2D eigenvalue weighted by Crippen LogP contribution is -2.09. The van der Waals surface area contributed by atoms with Crippen LogP contribution in [0.25, 0.3) is 5.69 Å². The number of hydrogen-bond donors (Lipinski definition) is 0. The van der Waals surface area contributed by atoms with Crippen molar-refractivity contribution in [2.75, 3.05) is 12.4 Å². The van der Waals surface area contributed by atoms with Gasteiger partial charge in [-0.05, 0) is 42.7 Å². The summed E-state index contributed by atoms with van der Waals surface area (Å²) in [6.45, 7) is 0.842. The molecule has 26 heavy (non-hydrogen) atoms. The Morgan fingerprint density at radius 3 is 2.62 bits per heavy atom. The maximum atomic E-state index is 13.4. The van der Waals surface area contributed by atoms with E-state index in [0.29, 0.717) is 6.42 Å². The van der Waals surface area contributed by atoms with Crippen LogP contribution in [0.15, 0.2) is 59.8 Å². The number of aromatic nitrogens is 3. The second-order valence-electron chi connectivity index (χ2n) is 6.32. The van der Waals surface area contributed by atoms with E-state index < -0.39 is 0 Å². The van der Waals surface area contributed by atoms with Gasteiger partial charge in [0.05, 0.1) is 6.10 Å². The normalized spacial score (nSPS) is 16.9. The first-order valence-corrected chi connectivity index (χ1v) is 9.77. The molecule has 1 aliphatic rings. The van der Waals surface area contributed by atoms with Crippen LogP contribution >= 0.6 is 11.8 Å². The van der Waals surface area contributed by atoms with E-state index in [1.54, 1.807) is 23.9 Å². The summed E-state index contributed by atoms with van der Waals surface area (Å²) in [6.07, 6.45) is 3.16. The van der Waals surface area contributed by atoms with Crippen molar-refractivity contribution in [3.05, 3.63) is 71.8 Å². The Labute approximate surface area is 156 Å². The molecule has 0 spiro atoms. The van der Waals surface area contributed by atoms with Gasteiger partial charge in [0.2, 0.25) is 0 Å². The van der Waals surface area contributed by atoms with Crippen molar-refractivity contribution in [2.24, 2.45) is 0 Å². The summed E-state index contributed by atoms with van der Waals surface area (Å²) in [4.78, 5) is 0. The molecule has 134 valence electrons. The molecule has 3 aromatic rings. The zero-order valence-electron chi connectivity index (χ0n) is 14.3. The number of nitrogens with zero attached hydrogens (tertiary/aromatic N) is 3. The Bertz CT molecular complexity index is 845. The third kappa shape index (κ3) is 3.97. The van der Waals surface area contributed by atoms with Crippen molar-refractivity contribution in [1.82, 2.24) is 14.8 Å². The molecule has 2 heterocycles. The average molecular weight is 369 g/mol. The second kappa shape index (κ2) is 8.01. The van der Waals surface area contributed by atoms with Crippen molar-refractivity contribution >= 4 is 11.8 Å². The summed E-state index contributed by atoms with van der Waals surface area (Å²) in [5.74, 6) is 1.45. The average Bonchev–Trinajstić information content (AvgIpc) is 3.32. The molecule has 0 bridgehead atoms. The minimum Gasteiger partial charge on any atom is -0.377 e. The highest BCUT2D eigenvalue weighted by molar-refractivity contribution is 7.99. The van der Waals surface area contributed by atoms with Gasteiger partial charge in [0.25, 0.3) is 0 Å². The summed E-state index contributed by atoms with van der Waals surface area (Å²) in [5.41, 5.74) is 2.04. The predicted molar refractivity (Wildman–Crippen MR) is 100 cm³/mol. The Balaban J connectivity index is 1.63. The fourth-order valence-corrected chi connectivity index (χ4v) is 4.12. The van der Waals surface area contributed by atoms with Crippen LogP contribution < -0.4 is 0 Å². The lowest BCUT2D eigenvalue weighted by Gasteiger charge is -2.12. The number of ether oxygens (including phenoxy) is 1. The topological polar surface area (TPSA) is 39.9 Å². The molecular formula is C20H20FN3OS. The fraction of sp³-hybridized carbons (Fsp3) is 0.300. The highest BCUT2D eigenvalue weighted by atomic mass is 32.2. The Morgan fingerprint density at radius 1 is 1.08 bits per heavy atom. The largest absolute Gasteiger partial charge is 0.377 e.